The molecule has 8 heteroatoms. The van der Waals surface area contributed by atoms with Crippen LogP contribution in [0.2, 0.25) is 0 Å². The molecule has 1 amide bonds. The van der Waals surface area contributed by atoms with Crippen molar-refractivity contribution in [2.24, 2.45) is 0 Å². The maximum Gasteiger partial charge on any atom is 0.243 e. The first-order chi connectivity index (χ1) is 13.1. The van der Waals surface area contributed by atoms with E-state index >= 15 is 0 Å². The van der Waals surface area contributed by atoms with E-state index in [9.17, 15) is 17.6 Å². The van der Waals surface area contributed by atoms with Crippen molar-refractivity contribution in [1.29, 1.82) is 0 Å². The number of para-hydroxylation sites is 1. The Morgan fingerprint density at radius 2 is 1.79 bits per heavy atom. The van der Waals surface area contributed by atoms with Crippen molar-refractivity contribution in [1.82, 2.24) is 5.32 Å². The third kappa shape index (κ3) is 5.69. The summed E-state index contributed by atoms with van der Waals surface area (Å²) in [5.41, 5.74) is 1.97. The van der Waals surface area contributed by atoms with Crippen LogP contribution in [0.15, 0.2) is 42.5 Å². The van der Waals surface area contributed by atoms with E-state index in [0.29, 0.717) is 5.75 Å². The Bertz CT molecular complexity index is 927. The summed E-state index contributed by atoms with van der Waals surface area (Å²) in [5.74, 6) is -0.563. The van der Waals surface area contributed by atoms with Gasteiger partial charge < -0.3 is 10.1 Å². The van der Waals surface area contributed by atoms with Crippen LogP contribution in [0.5, 0.6) is 5.75 Å². The van der Waals surface area contributed by atoms with E-state index in [1.54, 1.807) is 0 Å². The third-order valence-electron chi connectivity index (χ3n) is 4.04. The van der Waals surface area contributed by atoms with E-state index < -0.39 is 27.8 Å². The fourth-order valence-electron chi connectivity index (χ4n) is 2.92. The van der Waals surface area contributed by atoms with Crippen molar-refractivity contribution in [2.45, 2.75) is 26.8 Å². The minimum absolute atomic E-state index is 0.167. The highest BCUT2D eigenvalue weighted by molar-refractivity contribution is 7.92. The summed E-state index contributed by atoms with van der Waals surface area (Å²) in [6.07, 6.45) is 0.937. The molecular formula is C20H25FN2O4S. The normalized spacial score (nSPS) is 12.3. The molecule has 0 aliphatic rings. The van der Waals surface area contributed by atoms with Crippen molar-refractivity contribution >= 4 is 21.6 Å². The van der Waals surface area contributed by atoms with Gasteiger partial charge in [0.15, 0.2) is 0 Å². The van der Waals surface area contributed by atoms with Crippen molar-refractivity contribution in [3.63, 3.8) is 0 Å². The molecule has 0 saturated heterocycles. The molecule has 1 N–H and O–H groups in total. The molecule has 1 unspecified atom stereocenters. The molecule has 2 aromatic rings. The zero-order valence-electron chi connectivity index (χ0n) is 16.4. The van der Waals surface area contributed by atoms with Gasteiger partial charge in [-0.2, -0.15) is 0 Å². The van der Waals surface area contributed by atoms with Crippen molar-refractivity contribution in [2.75, 3.05) is 23.7 Å². The Kier molecular flexibility index (Phi) is 7.01. The summed E-state index contributed by atoms with van der Waals surface area (Å²) in [5, 5.41) is 2.63. The number of hydrogen-bond acceptors (Lipinski definition) is 4. The van der Waals surface area contributed by atoms with E-state index in [4.69, 9.17) is 4.74 Å². The minimum atomic E-state index is -3.87. The molecular weight excluding hydrogens is 383 g/mol. The van der Waals surface area contributed by atoms with Crippen LogP contribution in [0.3, 0.4) is 0 Å². The highest BCUT2D eigenvalue weighted by Crippen LogP contribution is 2.24. The lowest BCUT2D eigenvalue weighted by atomic mass is 10.1. The maximum atomic E-state index is 14.1. The fraction of sp³-hybridized carbons (Fsp3) is 0.350. The van der Waals surface area contributed by atoms with Gasteiger partial charge in [-0.25, -0.2) is 12.8 Å². The predicted octanol–water partition coefficient (Wildman–Crippen LogP) is 2.79. The van der Waals surface area contributed by atoms with Gasteiger partial charge >= 0.3 is 0 Å². The minimum Gasteiger partial charge on any atom is -0.492 e. The monoisotopic (exact) mass is 408 g/mol. The number of halogens is 1. The van der Waals surface area contributed by atoms with Gasteiger partial charge in [-0.3, -0.25) is 9.10 Å². The number of carbonyl (C=O) groups excluding carboxylic acids is 1. The van der Waals surface area contributed by atoms with Crippen LogP contribution in [-0.2, 0) is 14.8 Å². The molecule has 0 spiro atoms. The van der Waals surface area contributed by atoms with Gasteiger partial charge in [0.25, 0.3) is 0 Å². The molecule has 0 saturated carbocycles. The molecule has 0 bridgehead atoms. The molecule has 2 rings (SSSR count). The smallest absolute Gasteiger partial charge is 0.243 e. The van der Waals surface area contributed by atoms with Gasteiger partial charge in [-0.05, 0) is 56.2 Å². The van der Waals surface area contributed by atoms with Crippen LogP contribution in [0.4, 0.5) is 10.1 Å². The number of anilines is 1. The van der Waals surface area contributed by atoms with Gasteiger partial charge in [-0.1, -0.05) is 18.2 Å². The van der Waals surface area contributed by atoms with Crippen LogP contribution >= 0.6 is 0 Å². The lowest BCUT2D eigenvalue weighted by Crippen LogP contribution is -2.48. The number of amides is 1. The van der Waals surface area contributed by atoms with Gasteiger partial charge in [0.05, 0.1) is 18.5 Å². The SMILES string of the molecule is Cc1cc(C)cc(OCCNC(=O)C(C)N(c2ccccc2F)S(C)(=O)=O)c1. The predicted molar refractivity (Wildman–Crippen MR) is 108 cm³/mol. The van der Waals surface area contributed by atoms with Gasteiger partial charge in [0.1, 0.15) is 24.2 Å². The van der Waals surface area contributed by atoms with E-state index in [-0.39, 0.29) is 18.8 Å². The van der Waals surface area contributed by atoms with Gasteiger partial charge in [-0.15, -0.1) is 0 Å². The summed E-state index contributed by atoms with van der Waals surface area (Å²) in [4.78, 5) is 12.4. The second-order valence-corrected chi connectivity index (χ2v) is 8.51. The topological polar surface area (TPSA) is 75.7 Å². The van der Waals surface area contributed by atoms with Crippen molar-refractivity contribution in [3.05, 3.63) is 59.4 Å². The third-order valence-corrected chi connectivity index (χ3v) is 5.27. The summed E-state index contributed by atoms with van der Waals surface area (Å²) < 4.78 is 44.8. The molecule has 0 aromatic heterocycles. The van der Waals surface area contributed by atoms with Gasteiger partial charge in [0, 0.05) is 0 Å². The highest BCUT2D eigenvalue weighted by atomic mass is 32.2. The summed E-state index contributed by atoms with van der Waals surface area (Å²) in [7, 11) is -3.87. The highest BCUT2D eigenvalue weighted by Gasteiger charge is 2.30. The Morgan fingerprint density at radius 1 is 1.18 bits per heavy atom. The lowest BCUT2D eigenvalue weighted by Gasteiger charge is -2.28. The first-order valence-electron chi connectivity index (χ1n) is 8.82. The van der Waals surface area contributed by atoms with E-state index in [1.807, 2.05) is 32.0 Å². The summed E-state index contributed by atoms with van der Waals surface area (Å²) in [6.45, 7) is 5.75. The number of aryl methyl sites for hydroxylation is 2. The van der Waals surface area contributed by atoms with Crippen molar-refractivity contribution < 1.29 is 22.3 Å². The molecule has 0 heterocycles. The van der Waals surface area contributed by atoms with Crippen molar-refractivity contribution in [3.8, 4) is 5.75 Å². The summed E-state index contributed by atoms with van der Waals surface area (Å²) in [6, 6.07) is 10.1. The van der Waals surface area contributed by atoms with Gasteiger partial charge in [0.2, 0.25) is 15.9 Å². The molecule has 1 atom stereocenters. The molecule has 0 radical (unpaired) electrons. The number of nitrogens with zero attached hydrogens (tertiary/aromatic N) is 1. The van der Waals surface area contributed by atoms with Crippen LogP contribution < -0.4 is 14.4 Å². The molecule has 0 aliphatic heterocycles. The molecule has 0 fully saturated rings. The van der Waals surface area contributed by atoms with Crippen LogP contribution in [0.25, 0.3) is 0 Å². The lowest BCUT2D eigenvalue weighted by molar-refractivity contribution is -0.121. The summed E-state index contributed by atoms with van der Waals surface area (Å²) >= 11 is 0. The maximum absolute atomic E-state index is 14.1. The largest absolute Gasteiger partial charge is 0.492 e. The average Bonchev–Trinajstić information content (AvgIpc) is 2.58. The second-order valence-electron chi connectivity index (χ2n) is 6.65. The van der Waals surface area contributed by atoms with Crippen LogP contribution in [0, 0.1) is 19.7 Å². The fourth-order valence-corrected chi connectivity index (χ4v) is 4.09. The van der Waals surface area contributed by atoms with Crippen LogP contribution in [-0.4, -0.2) is 39.8 Å². The van der Waals surface area contributed by atoms with E-state index in [0.717, 1.165) is 27.8 Å². The first-order valence-corrected chi connectivity index (χ1v) is 10.7. The zero-order valence-corrected chi connectivity index (χ0v) is 17.2. The molecule has 2 aromatic carbocycles. The molecule has 0 aliphatic carbocycles. The average molecular weight is 408 g/mol. The number of rotatable bonds is 8. The second kappa shape index (κ2) is 9.05. The molecule has 152 valence electrons. The Labute approximate surface area is 165 Å². The number of carbonyl (C=O) groups is 1. The van der Waals surface area contributed by atoms with Crippen LogP contribution in [0.1, 0.15) is 18.1 Å². The zero-order chi connectivity index (χ0) is 20.9. The number of sulfonamides is 1. The standard InChI is InChI=1S/C20H25FN2O4S/c1-14-11-15(2)13-17(12-14)27-10-9-22-20(24)16(3)23(28(4,25)26)19-8-6-5-7-18(19)21/h5-8,11-13,16H,9-10H2,1-4H3,(H,22,24). The number of hydrogen-bond donors (Lipinski definition) is 1. The number of nitrogens with one attached hydrogen (secondary N) is 1. The molecule has 28 heavy (non-hydrogen) atoms. The van der Waals surface area contributed by atoms with E-state index in [2.05, 4.69) is 5.32 Å². The number of ether oxygens (including phenoxy) is 1. The number of benzene rings is 2. The Hall–Kier alpha value is -2.61. The Morgan fingerprint density at radius 3 is 2.36 bits per heavy atom. The first kappa shape index (κ1) is 21.7. The van der Waals surface area contributed by atoms with E-state index in [1.165, 1.54) is 25.1 Å². The Balaban J connectivity index is 2.00. The molecule has 6 nitrogen and oxygen atoms in total. The quantitative estimate of drug-likeness (QED) is 0.682.